The van der Waals surface area contributed by atoms with Gasteiger partial charge in [-0.2, -0.15) is 0 Å². The summed E-state index contributed by atoms with van der Waals surface area (Å²) in [4.78, 5) is 29.4. The Morgan fingerprint density at radius 1 is 1.09 bits per heavy atom. The van der Waals surface area contributed by atoms with Crippen LogP contribution in [0, 0.1) is 0 Å². The van der Waals surface area contributed by atoms with Crippen LogP contribution in [0.1, 0.15) is 60.8 Å². The van der Waals surface area contributed by atoms with Crippen LogP contribution in [-0.2, 0) is 17.8 Å². The van der Waals surface area contributed by atoms with E-state index in [1.54, 1.807) is 4.90 Å². The fraction of sp³-hybridized carbons (Fsp3) is 0.647. The molecule has 3 heterocycles. The molecule has 2 amide bonds. The van der Waals surface area contributed by atoms with Crippen LogP contribution in [0.4, 0.5) is 4.79 Å². The topological polar surface area (TPSA) is 49.9 Å². The molecule has 0 bridgehead atoms. The van der Waals surface area contributed by atoms with Crippen LogP contribution in [0.15, 0.2) is 5.38 Å². The first kappa shape index (κ1) is 16.3. The van der Waals surface area contributed by atoms with E-state index in [9.17, 15) is 9.59 Å². The van der Waals surface area contributed by atoms with Crippen LogP contribution >= 0.6 is 11.3 Å². The van der Waals surface area contributed by atoms with Crippen LogP contribution in [0.25, 0.3) is 0 Å². The van der Waals surface area contributed by atoms with E-state index < -0.39 is 5.60 Å². The minimum atomic E-state index is -0.501. The molecule has 6 heteroatoms. The zero-order valence-electron chi connectivity index (χ0n) is 14.1. The second-order valence-corrected chi connectivity index (χ2v) is 8.14. The number of hydrogen-bond donors (Lipinski definition) is 0. The second-order valence-electron chi connectivity index (χ2n) is 7.26. The fourth-order valence-electron chi connectivity index (χ4n) is 3.05. The van der Waals surface area contributed by atoms with E-state index in [1.165, 1.54) is 17.8 Å². The minimum Gasteiger partial charge on any atom is -0.444 e. The van der Waals surface area contributed by atoms with Crippen LogP contribution in [0.2, 0.25) is 0 Å². The van der Waals surface area contributed by atoms with Crippen molar-refractivity contribution in [2.45, 2.75) is 58.7 Å². The van der Waals surface area contributed by atoms with Gasteiger partial charge in [0.2, 0.25) is 0 Å². The Morgan fingerprint density at radius 2 is 1.78 bits per heavy atom. The summed E-state index contributed by atoms with van der Waals surface area (Å²) >= 11 is 1.51. The molecular formula is C17H24N2O3S. The summed E-state index contributed by atoms with van der Waals surface area (Å²) in [6, 6.07) is 0. The number of nitrogens with zero attached hydrogens (tertiary/aromatic N) is 2. The zero-order valence-corrected chi connectivity index (χ0v) is 14.9. The smallest absolute Gasteiger partial charge is 0.410 e. The molecule has 23 heavy (non-hydrogen) atoms. The predicted molar refractivity (Wildman–Crippen MR) is 89.6 cm³/mol. The Balaban J connectivity index is 1.71. The highest BCUT2D eigenvalue weighted by Crippen LogP contribution is 2.33. The number of carbonyl (C=O) groups is 2. The maximum atomic E-state index is 12.7. The Morgan fingerprint density at radius 3 is 2.43 bits per heavy atom. The number of fused-ring (bicyclic) bond motifs is 1. The van der Waals surface area contributed by atoms with Crippen molar-refractivity contribution in [3.63, 3.8) is 0 Å². The van der Waals surface area contributed by atoms with Gasteiger partial charge in [0.05, 0.1) is 18.0 Å². The van der Waals surface area contributed by atoms with Crippen molar-refractivity contribution in [3.8, 4) is 0 Å². The molecule has 0 unspecified atom stereocenters. The van der Waals surface area contributed by atoms with E-state index in [-0.39, 0.29) is 12.0 Å². The summed E-state index contributed by atoms with van der Waals surface area (Å²) < 4.78 is 5.43. The summed E-state index contributed by atoms with van der Waals surface area (Å²) in [5, 5.41) is 2.01. The van der Waals surface area contributed by atoms with Gasteiger partial charge in [0.1, 0.15) is 5.60 Å². The number of hydrogen-bond acceptors (Lipinski definition) is 4. The van der Waals surface area contributed by atoms with Crippen LogP contribution in [0.5, 0.6) is 0 Å². The third-order valence-electron chi connectivity index (χ3n) is 4.18. The molecule has 1 saturated heterocycles. The van der Waals surface area contributed by atoms with Gasteiger partial charge < -0.3 is 9.64 Å². The number of amides is 2. The van der Waals surface area contributed by atoms with E-state index in [4.69, 9.17) is 4.74 Å². The van der Waals surface area contributed by atoms with E-state index in [1.807, 2.05) is 31.1 Å². The molecule has 2 aliphatic heterocycles. The van der Waals surface area contributed by atoms with Gasteiger partial charge in [-0.25, -0.2) is 4.79 Å². The van der Waals surface area contributed by atoms with E-state index in [0.717, 1.165) is 41.9 Å². The summed E-state index contributed by atoms with van der Waals surface area (Å²) in [5.74, 6) is 0.127. The Kier molecular flexibility index (Phi) is 4.36. The summed E-state index contributed by atoms with van der Waals surface area (Å²) in [5.41, 5.74) is 1.59. The largest absolute Gasteiger partial charge is 0.444 e. The van der Waals surface area contributed by atoms with Crippen molar-refractivity contribution < 1.29 is 14.3 Å². The minimum absolute atomic E-state index is 0.127. The maximum Gasteiger partial charge on any atom is 0.410 e. The first-order valence-corrected chi connectivity index (χ1v) is 9.09. The molecule has 0 saturated carbocycles. The fourth-order valence-corrected chi connectivity index (χ4v) is 4.10. The van der Waals surface area contributed by atoms with Crippen molar-refractivity contribution in [2.75, 3.05) is 13.1 Å². The number of likely N-dealkylation sites (tertiary alicyclic amines) is 1. The van der Waals surface area contributed by atoms with Crippen molar-refractivity contribution >= 4 is 23.3 Å². The predicted octanol–water partition coefficient (Wildman–Crippen LogP) is 3.62. The van der Waals surface area contributed by atoms with Gasteiger partial charge in [-0.05, 0) is 51.0 Å². The molecule has 0 aromatic carbocycles. The van der Waals surface area contributed by atoms with Gasteiger partial charge >= 0.3 is 6.09 Å². The first-order valence-electron chi connectivity index (χ1n) is 8.21. The third-order valence-corrected chi connectivity index (χ3v) is 5.24. The summed E-state index contributed by atoms with van der Waals surface area (Å²) in [6.07, 6.45) is 3.07. The van der Waals surface area contributed by atoms with E-state index >= 15 is 0 Å². The normalized spacial score (nSPS) is 18.0. The molecule has 0 aliphatic carbocycles. The Labute approximate surface area is 141 Å². The lowest BCUT2D eigenvalue weighted by atomic mass is 10.1. The number of rotatable bonds is 1. The van der Waals surface area contributed by atoms with Gasteiger partial charge in [-0.1, -0.05) is 0 Å². The zero-order chi connectivity index (χ0) is 16.6. The highest BCUT2D eigenvalue weighted by Gasteiger charge is 2.33. The molecule has 1 aromatic rings. The van der Waals surface area contributed by atoms with Crippen molar-refractivity contribution in [3.05, 3.63) is 21.4 Å². The lowest BCUT2D eigenvalue weighted by Crippen LogP contribution is -2.36. The monoisotopic (exact) mass is 336 g/mol. The van der Waals surface area contributed by atoms with Crippen LogP contribution in [0.3, 0.4) is 0 Å². The molecule has 0 atom stereocenters. The van der Waals surface area contributed by atoms with Crippen LogP contribution < -0.4 is 0 Å². The molecule has 3 rings (SSSR count). The number of ether oxygens (including phenoxy) is 1. The molecule has 1 aromatic heterocycles. The number of piperidine rings is 1. The first-order chi connectivity index (χ1) is 10.8. The standard InChI is InChI=1S/C17H24N2O3S/c1-17(2,3)22-16(21)19-9-12-11-23-14(13(12)10-19)15(20)18-7-5-4-6-8-18/h11H,4-10H2,1-3H3. The average molecular weight is 336 g/mol. The molecule has 2 aliphatic rings. The molecule has 1 fully saturated rings. The van der Waals surface area contributed by atoms with Gasteiger partial charge in [-0.3, -0.25) is 9.69 Å². The third kappa shape index (κ3) is 3.52. The highest BCUT2D eigenvalue weighted by molar-refractivity contribution is 7.12. The molecular weight excluding hydrogens is 312 g/mol. The molecule has 0 radical (unpaired) electrons. The van der Waals surface area contributed by atoms with Crippen molar-refractivity contribution in [1.29, 1.82) is 0 Å². The van der Waals surface area contributed by atoms with Gasteiger partial charge in [0.15, 0.2) is 0 Å². The van der Waals surface area contributed by atoms with E-state index in [2.05, 4.69) is 0 Å². The second kappa shape index (κ2) is 6.15. The van der Waals surface area contributed by atoms with Gasteiger partial charge in [-0.15, -0.1) is 11.3 Å². The van der Waals surface area contributed by atoms with Crippen molar-refractivity contribution in [2.24, 2.45) is 0 Å². The maximum absolute atomic E-state index is 12.7. The lowest BCUT2D eigenvalue weighted by Gasteiger charge is -2.27. The molecule has 126 valence electrons. The van der Waals surface area contributed by atoms with Crippen molar-refractivity contribution in [1.82, 2.24) is 9.80 Å². The Hall–Kier alpha value is -1.56. The van der Waals surface area contributed by atoms with Crippen LogP contribution in [-0.4, -0.2) is 40.5 Å². The molecule has 0 N–H and O–H groups in total. The summed E-state index contributed by atoms with van der Waals surface area (Å²) in [6.45, 7) is 8.30. The quantitative estimate of drug-likeness (QED) is 0.787. The average Bonchev–Trinajstić information content (AvgIpc) is 3.05. The van der Waals surface area contributed by atoms with Gasteiger partial charge in [0, 0.05) is 18.7 Å². The molecule has 0 spiro atoms. The van der Waals surface area contributed by atoms with E-state index in [0.29, 0.717) is 13.1 Å². The highest BCUT2D eigenvalue weighted by atomic mass is 32.1. The Bertz CT molecular complexity index is 612. The number of thiophene rings is 1. The number of carbonyl (C=O) groups excluding carboxylic acids is 2. The van der Waals surface area contributed by atoms with Gasteiger partial charge in [0.25, 0.3) is 5.91 Å². The lowest BCUT2D eigenvalue weighted by molar-refractivity contribution is 0.0240. The summed E-state index contributed by atoms with van der Waals surface area (Å²) in [7, 11) is 0. The molecule has 5 nitrogen and oxygen atoms in total. The SMILES string of the molecule is CC(C)(C)OC(=O)N1Cc2csc(C(=O)N3CCCCC3)c2C1.